The zero-order valence-corrected chi connectivity index (χ0v) is 17.3. The third-order valence-electron chi connectivity index (χ3n) is 4.75. The maximum Gasteiger partial charge on any atom is 0.255 e. The van der Waals surface area contributed by atoms with E-state index in [2.05, 4.69) is 25.8 Å². The minimum Gasteiger partial charge on any atom is -0.497 e. The third kappa shape index (κ3) is 4.81. The van der Waals surface area contributed by atoms with Gasteiger partial charge in [-0.15, -0.1) is 0 Å². The summed E-state index contributed by atoms with van der Waals surface area (Å²) in [7, 11) is 1.60. The SMILES string of the molecule is COc1ccc(-c2n[nH]c(CNC(=O)c3ccccc3NC(=O)c3ccccc3)n2)cc1. The van der Waals surface area contributed by atoms with Gasteiger partial charge in [0, 0.05) is 11.1 Å². The second-order valence-corrected chi connectivity index (χ2v) is 6.88. The predicted octanol–water partition coefficient (Wildman–Crippen LogP) is 3.66. The first-order valence-electron chi connectivity index (χ1n) is 9.93. The Morgan fingerprint density at radius 3 is 2.38 bits per heavy atom. The lowest BCUT2D eigenvalue weighted by Gasteiger charge is -2.11. The molecule has 0 spiro atoms. The standard InChI is InChI=1S/C24H21N5O3/c1-32-18-13-11-16(12-14-18)22-27-21(28-29-22)15-25-24(31)19-9-5-6-10-20(19)26-23(30)17-7-3-2-4-8-17/h2-14H,15H2,1H3,(H,25,31)(H,26,30)(H,27,28,29). The van der Waals surface area contributed by atoms with E-state index in [1.807, 2.05) is 30.3 Å². The van der Waals surface area contributed by atoms with Crippen molar-refractivity contribution >= 4 is 17.5 Å². The Morgan fingerprint density at radius 1 is 0.906 bits per heavy atom. The average Bonchev–Trinajstić information content (AvgIpc) is 3.32. The highest BCUT2D eigenvalue weighted by Crippen LogP contribution is 2.19. The predicted molar refractivity (Wildman–Crippen MR) is 120 cm³/mol. The van der Waals surface area contributed by atoms with Gasteiger partial charge in [0.1, 0.15) is 11.6 Å². The highest BCUT2D eigenvalue weighted by Gasteiger charge is 2.15. The molecule has 0 unspecified atom stereocenters. The first kappa shape index (κ1) is 20.8. The minimum absolute atomic E-state index is 0.156. The van der Waals surface area contributed by atoms with Gasteiger partial charge in [0.05, 0.1) is 24.9 Å². The lowest BCUT2D eigenvalue weighted by atomic mass is 10.1. The van der Waals surface area contributed by atoms with Crippen LogP contribution in [0.4, 0.5) is 5.69 Å². The number of methoxy groups -OCH3 is 1. The number of aromatic amines is 1. The molecule has 160 valence electrons. The molecule has 1 heterocycles. The Morgan fingerprint density at radius 2 is 1.62 bits per heavy atom. The summed E-state index contributed by atoms with van der Waals surface area (Å²) in [5.41, 5.74) is 2.12. The van der Waals surface area contributed by atoms with Gasteiger partial charge in [0.2, 0.25) is 0 Å². The molecule has 8 heteroatoms. The molecule has 0 aliphatic rings. The summed E-state index contributed by atoms with van der Waals surface area (Å²) < 4.78 is 5.15. The minimum atomic E-state index is -0.337. The number of hydrogen-bond donors (Lipinski definition) is 3. The van der Waals surface area contributed by atoms with Crippen LogP contribution < -0.4 is 15.4 Å². The molecule has 1 aromatic heterocycles. The van der Waals surface area contributed by atoms with E-state index in [1.165, 1.54) is 0 Å². The molecule has 3 N–H and O–H groups in total. The van der Waals surface area contributed by atoms with Crippen molar-refractivity contribution in [2.24, 2.45) is 0 Å². The number of rotatable bonds is 7. The molecule has 4 aromatic rings. The van der Waals surface area contributed by atoms with Crippen LogP contribution >= 0.6 is 0 Å². The van der Waals surface area contributed by atoms with E-state index in [0.717, 1.165) is 11.3 Å². The van der Waals surface area contributed by atoms with Gasteiger partial charge < -0.3 is 15.4 Å². The van der Waals surface area contributed by atoms with Gasteiger partial charge in [-0.3, -0.25) is 14.7 Å². The van der Waals surface area contributed by atoms with Crippen molar-refractivity contribution in [3.63, 3.8) is 0 Å². The van der Waals surface area contributed by atoms with Crippen LogP contribution in [0.15, 0.2) is 78.9 Å². The summed E-state index contributed by atoms with van der Waals surface area (Å²) in [4.78, 5) is 29.7. The van der Waals surface area contributed by atoms with Gasteiger partial charge in [-0.05, 0) is 48.5 Å². The Bertz CT molecular complexity index is 1220. The summed E-state index contributed by atoms with van der Waals surface area (Å²) in [5.74, 6) is 1.15. The number of benzene rings is 3. The van der Waals surface area contributed by atoms with Crippen molar-refractivity contribution in [2.45, 2.75) is 6.54 Å². The number of amides is 2. The van der Waals surface area contributed by atoms with Crippen LogP contribution in [0.3, 0.4) is 0 Å². The topological polar surface area (TPSA) is 109 Å². The van der Waals surface area contributed by atoms with Gasteiger partial charge in [0.15, 0.2) is 5.82 Å². The highest BCUT2D eigenvalue weighted by atomic mass is 16.5. The number of hydrogen-bond acceptors (Lipinski definition) is 5. The summed E-state index contributed by atoms with van der Waals surface area (Å²) in [6.07, 6.45) is 0. The average molecular weight is 427 g/mol. The fourth-order valence-electron chi connectivity index (χ4n) is 3.08. The number of carbonyl (C=O) groups excluding carboxylic acids is 2. The number of para-hydroxylation sites is 1. The van der Waals surface area contributed by atoms with E-state index in [0.29, 0.717) is 28.5 Å². The maximum absolute atomic E-state index is 12.8. The molecule has 8 nitrogen and oxygen atoms in total. The van der Waals surface area contributed by atoms with Crippen molar-refractivity contribution in [1.29, 1.82) is 0 Å². The normalized spacial score (nSPS) is 10.4. The molecule has 0 bridgehead atoms. The van der Waals surface area contributed by atoms with Crippen LogP contribution in [0.2, 0.25) is 0 Å². The number of nitrogens with one attached hydrogen (secondary N) is 3. The zero-order chi connectivity index (χ0) is 22.3. The van der Waals surface area contributed by atoms with Crippen molar-refractivity contribution in [3.05, 3.63) is 95.8 Å². The van der Waals surface area contributed by atoms with Gasteiger partial charge in [-0.1, -0.05) is 30.3 Å². The van der Waals surface area contributed by atoms with E-state index >= 15 is 0 Å². The van der Waals surface area contributed by atoms with Crippen molar-refractivity contribution < 1.29 is 14.3 Å². The quantitative estimate of drug-likeness (QED) is 0.417. The molecule has 2 amide bonds. The van der Waals surface area contributed by atoms with Crippen LogP contribution in [0, 0.1) is 0 Å². The highest BCUT2D eigenvalue weighted by molar-refractivity contribution is 6.08. The first-order chi connectivity index (χ1) is 15.6. The Balaban J connectivity index is 1.41. The molecule has 0 radical (unpaired) electrons. The molecular formula is C24H21N5O3. The van der Waals surface area contributed by atoms with Crippen LogP contribution in [-0.4, -0.2) is 34.1 Å². The first-order valence-corrected chi connectivity index (χ1v) is 9.93. The van der Waals surface area contributed by atoms with E-state index in [1.54, 1.807) is 55.6 Å². The van der Waals surface area contributed by atoms with Crippen molar-refractivity contribution in [3.8, 4) is 17.1 Å². The van der Waals surface area contributed by atoms with Crippen molar-refractivity contribution in [2.75, 3.05) is 12.4 Å². The molecular weight excluding hydrogens is 406 g/mol. The largest absolute Gasteiger partial charge is 0.497 e. The fraction of sp³-hybridized carbons (Fsp3) is 0.0833. The number of aromatic nitrogens is 3. The maximum atomic E-state index is 12.8. The number of carbonyl (C=O) groups is 2. The molecule has 32 heavy (non-hydrogen) atoms. The molecule has 0 fully saturated rings. The lowest BCUT2D eigenvalue weighted by Crippen LogP contribution is -2.25. The smallest absolute Gasteiger partial charge is 0.255 e. The Kier molecular flexibility index (Phi) is 6.22. The van der Waals surface area contributed by atoms with Crippen LogP contribution in [-0.2, 0) is 6.54 Å². The second-order valence-electron chi connectivity index (χ2n) is 6.88. The zero-order valence-electron chi connectivity index (χ0n) is 17.3. The molecule has 3 aromatic carbocycles. The summed E-state index contributed by atoms with van der Waals surface area (Å²) in [6, 6.07) is 23.0. The Hall–Kier alpha value is -4.46. The lowest BCUT2D eigenvalue weighted by molar-refractivity contribution is 0.0951. The van der Waals surface area contributed by atoms with Gasteiger partial charge in [0.25, 0.3) is 11.8 Å². The Labute approximate surface area is 184 Å². The van der Waals surface area contributed by atoms with Crippen LogP contribution in [0.25, 0.3) is 11.4 Å². The summed E-state index contributed by atoms with van der Waals surface area (Å²) in [6.45, 7) is 0.156. The van der Waals surface area contributed by atoms with E-state index in [4.69, 9.17) is 4.74 Å². The molecule has 0 saturated heterocycles. The molecule has 0 aliphatic carbocycles. The summed E-state index contributed by atoms with van der Waals surface area (Å²) in [5, 5.41) is 12.6. The second kappa shape index (κ2) is 9.57. The monoisotopic (exact) mass is 427 g/mol. The van der Waals surface area contributed by atoms with E-state index in [-0.39, 0.29) is 18.4 Å². The molecule has 4 rings (SSSR count). The number of anilines is 1. The number of nitrogens with zero attached hydrogens (tertiary/aromatic N) is 2. The molecule has 0 atom stereocenters. The van der Waals surface area contributed by atoms with E-state index in [9.17, 15) is 9.59 Å². The fourth-order valence-corrected chi connectivity index (χ4v) is 3.08. The molecule has 0 saturated carbocycles. The molecule has 0 aliphatic heterocycles. The van der Waals surface area contributed by atoms with E-state index < -0.39 is 0 Å². The summed E-state index contributed by atoms with van der Waals surface area (Å²) >= 11 is 0. The van der Waals surface area contributed by atoms with Crippen LogP contribution in [0.1, 0.15) is 26.5 Å². The third-order valence-corrected chi connectivity index (χ3v) is 4.75. The van der Waals surface area contributed by atoms with Gasteiger partial charge in [-0.2, -0.15) is 5.10 Å². The van der Waals surface area contributed by atoms with Gasteiger partial charge >= 0.3 is 0 Å². The number of ether oxygens (including phenoxy) is 1. The number of H-pyrrole nitrogens is 1. The van der Waals surface area contributed by atoms with Crippen LogP contribution in [0.5, 0.6) is 5.75 Å². The van der Waals surface area contributed by atoms with Gasteiger partial charge in [-0.25, -0.2) is 4.98 Å². The van der Waals surface area contributed by atoms with Crippen molar-refractivity contribution in [1.82, 2.24) is 20.5 Å².